The van der Waals surface area contributed by atoms with Crippen LogP contribution in [-0.2, 0) is 9.13 Å². The van der Waals surface area contributed by atoms with Crippen molar-refractivity contribution in [2.45, 2.75) is 151 Å². The van der Waals surface area contributed by atoms with E-state index >= 15 is 0 Å². The van der Waals surface area contributed by atoms with Crippen molar-refractivity contribution in [3.63, 3.8) is 0 Å². The lowest BCUT2D eigenvalue weighted by Crippen LogP contribution is -2.29. The quantitative estimate of drug-likeness (QED) is 0.360. The van der Waals surface area contributed by atoms with Crippen molar-refractivity contribution < 1.29 is 9.13 Å². The first kappa shape index (κ1) is 23.6. The number of hydrogen-bond donors (Lipinski definition) is 0. The Morgan fingerprint density at radius 2 is 0.567 bits per heavy atom. The van der Waals surface area contributed by atoms with Crippen molar-refractivity contribution in [3.05, 3.63) is 0 Å². The van der Waals surface area contributed by atoms with Crippen LogP contribution >= 0.6 is 14.3 Å². The molecule has 4 aliphatic carbocycles. The molecule has 0 bridgehead atoms. The average Bonchev–Trinajstić information content (AvgIpc) is 2.84. The van der Waals surface area contributed by atoms with Gasteiger partial charge < -0.3 is 9.13 Å². The van der Waals surface area contributed by atoms with Crippen LogP contribution in [0.15, 0.2) is 0 Å². The molecule has 0 amide bonds. The van der Waals surface area contributed by atoms with Crippen LogP contribution in [0.2, 0.25) is 0 Å². The van der Waals surface area contributed by atoms with Gasteiger partial charge in [0.2, 0.25) is 0 Å². The SMILES string of the molecule is O=P(CCP(=O)(C1CCCCC1)C1CCCCC1)(C1CCCCC1)C1CCCCC1. The average molecular weight is 455 g/mol. The highest BCUT2D eigenvalue weighted by atomic mass is 31.2. The van der Waals surface area contributed by atoms with E-state index in [1.165, 1.54) is 128 Å². The molecule has 30 heavy (non-hydrogen) atoms. The minimum Gasteiger partial charge on any atom is -0.323 e. The molecule has 0 atom stereocenters. The molecule has 0 aromatic rings. The van der Waals surface area contributed by atoms with Gasteiger partial charge in [-0.2, -0.15) is 0 Å². The van der Waals surface area contributed by atoms with E-state index < -0.39 is 14.3 Å². The number of hydrogen-bond acceptors (Lipinski definition) is 2. The molecule has 0 aromatic heterocycles. The summed E-state index contributed by atoms with van der Waals surface area (Å²) in [4.78, 5) is 0. The predicted molar refractivity (Wildman–Crippen MR) is 132 cm³/mol. The fourth-order valence-corrected chi connectivity index (χ4v) is 17.8. The van der Waals surface area contributed by atoms with E-state index in [-0.39, 0.29) is 0 Å². The smallest absolute Gasteiger partial charge is 0.0940 e. The fourth-order valence-electron chi connectivity index (χ4n) is 7.71. The Kier molecular flexibility index (Phi) is 8.70. The van der Waals surface area contributed by atoms with Crippen LogP contribution < -0.4 is 0 Å². The van der Waals surface area contributed by atoms with Gasteiger partial charge in [-0.3, -0.25) is 0 Å². The van der Waals surface area contributed by atoms with Gasteiger partial charge in [-0.1, -0.05) is 77.0 Å². The van der Waals surface area contributed by atoms with Gasteiger partial charge in [0.25, 0.3) is 0 Å². The highest BCUT2D eigenvalue weighted by molar-refractivity contribution is 7.69. The molecule has 0 aliphatic heterocycles. The summed E-state index contributed by atoms with van der Waals surface area (Å²) in [5.41, 5.74) is 1.89. The van der Waals surface area contributed by atoms with Crippen molar-refractivity contribution in [2.24, 2.45) is 0 Å². The summed E-state index contributed by atoms with van der Waals surface area (Å²) in [6.45, 7) is 0. The van der Waals surface area contributed by atoms with Gasteiger partial charge in [-0.25, -0.2) is 0 Å². The lowest BCUT2D eigenvalue weighted by molar-refractivity contribution is 0.442. The molecule has 0 saturated heterocycles. The Hall–Kier alpha value is 0.460. The van der Waals surface area contributed by atoms with Crippen molar-refractivity contribution >= 4 is 14.3 Å². The van der Waals surface area contributed by atoms with Crippen LogP contribution in [0, 0.1) is 0 Å². The van der Waals surface area contributed by atoms with E-state index in [0.717, 1.165) is 12.3 Å². The Bertz CT molecular complexity index is 509. The minimum atomic E-state index is -2.24. The second-order valence-corrected chi connectivity index (χ2v) is 18.6. The molecule has 4 saturated carbocycles. The second-order valence-electron chi connectivity index (χ2n) is 11.3. The zero-order valence-electron chi connectivity index (χ0n) is 19.6. The summed E-state index contributed by atoms with van der Waals surface area (Å²) >= 11 is 0. The van der Waals surface area contributed by atoms with E-state index in [9.17, 15) is 9.13 Å². The van der Waals surface area contributed by atoms with Crippen LogP contribution in [0.5, 0.6) is 0 Å². The largest absolute Gasteiger partial charge is 0.323 e. The van der Waals surface area contributed by atoms with Crippen LogP contribution in [0.1, 0.15) is 128 Å². The molecule has 4 aliphatic rings. The highest BCUT2D eigenvalue weighted by Gasteiger charge is 2.46. The molecule has 0 unspecified atom stereocenters. The molecule has 4 heteroatoms. The van der Waals surface area contributed by atoms with Gasteiger partial charge in [0, 0.05) is 35.0 Å². The third kappa shape index (κ3) is 5.33. The zero-order chi connectivity index (χ0) is 20.9. The molecule has 4 rings (SSSR count). The van der Waals surface area contributed by atoms with Crippen molar-refractivity contribution in [3.8, 4) is 0 Å². The number of rotatable bonds is 7. The Labute approximate surface area is 186 Å². The van der Waals surface area contributed by atoms with Crippen molar-refractivity contribution in [1.29, 1.82) is 0 Å². The maximum atomic E-state index is 14.8. The van der Waals surface area contributed by atoms with E-state index in [1.54, 1.807) is 0 Å². The lowest BCUT2D eigenvalue weighted by Gasteiger charge is -2.42. The highest BCUT2D eigenvalue weighted by Crippen LogP contribution is 2.68. The predicted octanol–water partition coefficient (Wildman–Crippen LogP) is 9.04. The van der Waals surface area contributed by atoms with Gasteiger partial charge in [0.1, 0.15) is 0 Å². The summed E-state index contributed by atoms with van der Waals surface area (Å²) in [5, 5.41) is 0. The molecular weight excluding hydrogens is 406 g/mol. The van der Waals surface area contributed by atoms with Gasteiger partial charge in [-0.15, -0.1) is 0 Å². The first-order valence-electron chi connectivity index (χ1n) is 13.8. The Morgan fingerprint density at radius 1 is 0.367 bits per heavy atom. The molecule has 0 N–H and O–H groups in total. The third-order valence-corrected chi connectivity index (χ3v) is 18.8. The van der Waals surface area contributed by atoms with Crippen molar-refractivity contribution in [1.82, 2.24) is 0 Å². The van der Waals surface area contributed by atoms with Gasteiger partial charge in [0.05, 0.1) is 14.3 Å². The molecule has 174 valence electrons. The first-order chi connectivity index (χ1) is 14.6. The van der Waals surface area contributed by atoms with E-state index in [2.05, 4.69) is 0 Å². The summed E-state index contributed by atoms with van der Waals surface area (Å²) in [5.74, 6) is 0. The standard InChI is InChI=1S/C26H48O2P2/c27-29(23-13-5-1-6-14-23,24-15-7-2-8-16-24)21-22-30(28,25-17-9-3-10-18-25)26-19-11-4-12-20-26/h23-26H,1-22H2. The monoisotopic (exact) mass is 454 g/mol. The maximum absolute atomic E-state index is 14.8. The van der Waals surface area contributed by atoms with Gasteiger partial charge in [-0.05, 0) is 51.4 Å². The Balaban J connectivity index is 1.54. The summed E-state index contributed by atoms with van der Waals surface area (Å²) in [7, 11) is -4.48. The molecule has 4 fully saturated rings. The summed E-state index contributed by atoms with van der Waals surface area (Å²) in [6, 6.07) is 0. The molecule has 0 radical (unpaired) electrons. The van der Waals surface area contributed by atoms with E-state index in [4.69, 9.17) is 0 Å². The van der Waals surface area contributed by atoms with Crippen LogP contribution in [0.4, 0.5) is 0 Å². The normalized spacial score (nSPS) is 27.3. The maximum Gasteiger partial charge on any atom is 0.0940 e. The van der Waals surface area contributed by atoms with E-state index in [1.807, 2.05) is 0 Å². The minimum absolute atomic E-state index is 0.473. The van der Waals surface area contributed by atoms with E-state index in [0.29, 0.717) is 22.6 Å². The third-order valence-electron chi connectivity index (χ3n) is 9.57. The molecule has 2 nitrogen and oxygen atoms in total. The first-order valence-corrected chi connectivity index (χ1v) is 17.9. The van der Waals surface area contributed by atoms with Crippen LogP contribution in [-0.4, -0.2) is 35.0 Å². The zero-order valence-corrected chi connectivity index (χ0v) is 21.4. The molecular formula is C26H48O2P2. The van der Waals surface area contributed by atoms with Gasteiger partial charge in [0.15, 0.2) is 0 Å². The molecule has 0 aromatic carbocycles. The topological polar surface area (TPSA) is 34.1 Å². The summed E-state index contributed by atoms with van der Waals surface area (Å²) in [6.07, 6.45) is 26.9. The Morgan fingerprint density at radius 3 is 0.767 bits per heavy atom. The fraction of sp³-hybridized carbons (Fsp3) is 1.00. The van der Waals surface area contributed by atoms with Gasteiger partial charge >= 0.3 is 0 Å². The summed E-state index contributed by atoms with van der Waals surface area (Å²) < 4.78 is 29.6. The van der Waals surface area contributed by atoms with Crippen LogP contribution in [0.3, 0.4) is 0 Å². The molecule has 0 heterocycles. The van der Waals surface area contributed by atoms with Crippen molar-refractivity contribution in [2.75, 3.05) is 12.3 Å². The molecule has 0 spiro atoms. The lowest BCUT2D eigenvalue weighted by atomic mass is 9.99. The van der Waals surface area contributed by atoms with Crippen LogP contribution in [0.25, 0.3) is 0 Å². The second kappa shape index (κ2) is 11.1.